The zero-order valence-corrected chi connectivity index (χ0v) is 25.2. The Morgan fingerprint density at radius 1 is 0.950 bits per heavy atom. The fourth-order valence-corrected chi connectivity index (χ4v) is 6.08. The van der Waals surface area contributed by atoms with Crippen LogP contribution in [0.15, 0.2) is 82.6 Å². The highest BCUT2D eigenvalue weighted by Gasteiger charge is 2.33. The van der Waals surface area contributed by atoms with E-state index in [-0.39, 0.29) is 17.3 Å². The van der Waals surface area contributed by atoms with E-state index in [2.05, 4.69) is 5.32 Å². The number of hydrogen-bond acceptors (Lipinski definition) is 6. The van der Waals surface area contributed by atoms with E-state index in [1.807, 2.05) is 39.2 Å². The highest BCUT2D eigenvalue weighted by Crippen LogP contribution is 2.27. The van der Waals surface area contributed by atoms with Crippen molar-refractivity contribution in [3.05, 3.63) is 83.9 Å². The van der Waals surface area contributed by atoms with Crippen LogP contribution in [0, 0.1) is 6.92 Å². The van der Waals surface area contributed by atoms with Crippen LogP contribution in [0.1, 0.15) is 31.4 Å². The molecule has 0 radical (unpaired) electrons. The van der Waals surface area contributed by atoms with E-state index >= 15 is 0 Å². The maximum Gasteiger partial charge on any atom is 0.264 e. The monoisotopic (exact) mass is 583 g/mol. The van der Waals surface area contributed by atoms with Crippen LogP contribution in [0.2, 0.25) is 0 Å². The number of hydrogen-bond donors (Lipinski definition) is 1. The Balaban J connectivity index is 2.04. The average molecular weight is 584 g/mol. The lowest BCUT2D eigenvalue weighted by atomic mass is 10.1. The van der Waals surface area contributed by atoms with Gasteiger partial charge in [-0.15, -0.1) is 11.8 Å². The van der Waals surface area contributed by atoms with Gasteiger partial charge in [0.05, 0.1) is 17.7 Å². The van der Waals surface area contributed by atoms with Gasteiger partial charge in [0.1, 0.15) is 18.3 Å². The molecule has 8 nitrogen and oxygen atoms in total. The Hall–Kier alpha value is -3.50. The molecular formula is C30H37N3O5S2. The number of amides is 2. The molecule has 0 unspecified atom stereocenters. The van der Waals surface area contributed by atoms with Gasteiger partial charge in [-0.1, -0.05) is 36.8 Å². The number of methoxy groups -OCH3 is 1. The molecule has 0 bridgehead atoms. The van der Waals surface area contributed by atoms with Crippen LogP contribution in [0.25, 0.3) is 0 Å². The average Bonchev–Trinajstić information content (AvgIpc) is 2.96. The molecule has 10 heteroatoms. The number of aryl methyl sites for hydroxylation is 1. The molecule has 3 aromatic rings. The van der Waals surface area contributed by atoms with Crippen LogP contribution in [0.5, 0.6) is 5.75 Å². The van der Waals surface area contributed by atoms with Gasteiger partial charge in [-0.05, 0) is 80.6 Å². The summed E-state index contributed by atoms with van der Waals surface area (Å²) in [5.41, 5.74) is 2.11. The summed E-state index contributed by atoms with van der Waals surface area (Å²) >= 11 is 1.51. The minimum atomic E-state index is -4.11. The first-order valence-corrected chi connectivity index (χ1v) is 15.7. The number of rotatable bonds is 13. The number of sulfonamides is 1. The number of carbonyl (C=O) groups is 2. The number of likely N-dealkylation sites (N-methyl/N-ethyl adjacent to an activating group) is 1. The van der Waals surface area contributed by atoms with Crippen molar-refractivity contribution in [2.75, 3.05) is 30.8 Å². The van der Waals surface area contributed by atoms with E-state index in [1.54, 1.807) is 67.8 Å². The maximum absolute atomic E-state index is 14.0. The third kappa shape index (κ3) is 7.57. The Labute approximate surface area is 241 Å². The molecule has 3 aromatic carbocycles. The molecule has 2 amide bonds. The third-order valence-electron chi connectivity index (χ3n) is 6.50. The first-order valence-electron chi connectivity index (χ1n) is 13.1. The van der Waals surface area contributed by atoms with Gasteiger partial charge in [-0.3, -0.25) is 13.9 Å². The zero-order chi connectivity index (χ0) is 29.3. The molecule has 0 spiro atoms. The van der Waals surface area contributed by atoms with E-state index in [9.17, 15) is 18.0 Å². The van der Waals surface area contributed by atoms with Crippen LogP contribution >= 0.6 is 11.8 Å². The summed E-state index contributed by atoms with van der Waals surface area (Å²) in [4.78, 5) is 29.5. The van der Waals surface area contributed by atoms with Crippen molar-refractivity contribution in [3.8, 4) is 5.75 Å². The first-order chi connectivity index (χ1) is 19.1. The molecule has 3 rings (SSSR count). The summed E-state index contributed by atoms with van der Waals surface area (Å²) < 4.78 is 34.2. The predicted molar refractivity (Wildman–Crippen MR) is 160 cm³/mol. The van der Waals surface area contributed by atoms with Gasteiger partial charge < -0.3 is 15.0 Å². The molecular weight excluding hydrogens is 546 g/mol. The standard InChI is InChI=1S/C30H37N3O5S2/c1-6-28(30(35)31-7-2)32(20-23-10-14-25(38-4)15-11-23)29(34)21-33(24-12-8-22(3)9-13-24)40(36,37)27-18-16-26(39-5)17-19-27/h8-19,28H,6-7,20-21H2,1-5H3,(H,31,35)/t28-/m0/s1. The second-order valence-corrected chi connectivity index (χ2v) is 12.0. The van der Waals surface area contributed by atoms with E-state index in [1.165, 1.54) is 16.7 Å². The van der Waals surface area contributed by atoms with Crippen LogP contribution < -0.4 is 14.4 Å². The molecule has 40 heavy (non-hydrogen) atoms. The van der Waals surface area contributed by atoms with Crippen LogP contribution in [-0.2, 0) is 26.2 Å². The Bertz CT molecular complexity index is 1380. The summed E-state index contributed by atoms with van der Waals surface area (Å²) in [5, 5.41) is 2.81. The predicted octanol–water partition coefficient (Wildman–Crippen LogP) is 4.86. The Morgan fingerprint density at radius 2 is 1.57 bits per heavy atom. The van der Waals surface area contributed by atoms with Crippen molar-refractivity contribution in [1.82, 2.24) is 10.2 Å². The molecule has 1 atom stereocenters. The third-order valence-corrected chi connectivity index (χ3v) is 9.03. The normalized spacial score (nSPS) is 11.9. The number of nitrogens with one attached hydrogen (secondary N) is 1. The lowest BCUT2D eigenvalue weighted by Gasteiger charge is -2.33. The van der Waals surface area contributed by atoms with Gasteiger partial charge >= 0.3 is 0 Å². The summed E-state index contributed by atoms with van der Waals surface area (Å²) in [7, 11) is -2.53. The lowest BCUT2D eigenvalue weighted by Crippen LogP contribution is -2.52. The maximum atomic E-state index is 14.0. The summed E-state index contributed by atoms with van der Waals surface area (Å²) in [5.74, 6) is -0.107. The van der Waals surface area contributed by atoms with Crippen molar-refractivity contribution >= 4 is 39.3 Å². The fourth-order valence-electron chi connectivity index (χ4n) is 4.25. The first kappa shape index (κ1) is 31.0. The Kier molecular flexibility index (Phi) is 11.0. The van der Waals surface area contributed by atoms with E-state index < -0.39 is 28.5 Å². The molecule has 0 aromatic heterocycles. The smallest absolute Gasteiger partial charge is 0.264 e. The molecule has 0 heterocycles. The van der Waals surface area contributed by atoms with E-state index in [0.29, 0.717) is 24.4 Å². The number of carbonyl (C=O) groups excluding carboxylic acids is 2. The van der Waals surface area contributed by atoms with E-state index in [4.69, 9.17) is 4.74 Å². The summed E-state index contributed by atoms with van der Waals surface area (Å²) in [6, 6.07) is 20.0. The molecule has 214 valence electrons. The quantitative estimate of drug-likeness (QED) is 0.289. The van der Waals surface area contributed by atoms with Crippen molar-refractivity contribution in [2.24, 2.45) is 0 Å². The second-order valence-electron chi connectivity index (χ2n) is 9.21. The highest BCUT2D eigenvalue weighted by atomic mass is 32.2. The second kappa shape index (κ2) is 14.2. The SMILES string of the molecule is CCNC(=O)[C@H](CC)N(Cc1ccc(OC)cc1)C(=O)CN(c1ccc(C)cc1)S(=O)(=O)c1ccc(SC)cc1. The minimum Gasteiger partial charge on any atom is -0.497 e. The van der Waals surface area contributed by atoms with Crippen LogP contribution in [0.3, 0.4) is 0 Å². The largest absolute Gasteiger partial charge is 0.497 e. The van der Waals surface area contributed by atoms with Crippen molar-refractivity contribution in [2.45, 2.75) is 49.6 Å². The van der Waals surface area contributed by atoms with Gasteiger partial charge in [-0.2, -0.15) is 0 Å². The highest BCUT2D eigenvalue weighted by molar-refractivity contribution is 7.98. The van der Waals surface area contributed by atoms with E-state index in [0.717, 1.165) is 20.3 Å². The van der Waals surface area contributed by atoms with Crippen molar-refractivity contribution < 1.29 is 22.7 Å². The number of ether oxygens (including phenoxy) is 1. The van der Waals surface area contributed by atoms with Gasteiger partial charge in [0.25, 0.3) is 10.0 Å². The molecule has 0 saturated carbocycles. The van der Waals surface area contributed by atoms with Gasteiger partial charge in [0, 0.05) is 18.0 Å². The molecule has 0 aliphatic rings. The van der Waals surface area contributed by atoms with Crippen LogP contribution in [0.4, 0.5) is 5.69 Å². The minimum absolute atomic E-state index is 0.0798. The van der Waals surface area contributed by atoms with Gasteiger partial charge in [-0.25, -0.2) is 8.42 Å². The van der Waals surface area contributed by atoms with Crippen molar-refractivity contribution in [1.29, 1.82) is 0 Å². The van der Waals surface area contributed by atoms with Gasteiger partial charge in [0.2, 0.25) is 11.8 Å². The van der Waals surface area contributed by atoms with Crippen LogP contribution in [-0.4, -0.2) is 57.6 Å². The summed E-state index contributed by atoms with van der Waals surface area (Å²) in [6.45, 7) is 5.62. The number of anilines is 1. The molecule has 0 saturated heterocycles. The zero-order valence-electron chi connectivity index (χ0n) is 23.6. The molecule has 0 aliphatic carbocycles. The Morgan fingerprint density at radius 3 is 2.10 bits per heavy atom. The number of nitrogens with zero attached hydrogens (tertiary/aromatic N) is 2. The van der Waals surface area contributed by atoms with Gasteiger partial charge in [0.15, 0.2) is 0 Å². The molecule has 0 fully saturated rings. The molecule has 1 N–H and O–H groups in total. The fraction of sp³-hybridized carbons (Fsp3) is 0.333. The number of benzene rings is 3. The lowest BCUT2D eigenvalue weighted by molar-refractivity contribution is -0.140. The van der Waals surface area contributed by atoms with Crippen molar-refractivity contribution in [3.63, 3.8) is 0 Å². The molecule has 0 aliphatic heterocycles. The topological polar surface area (TPSA) is 96.0 Å². The number of thioether (sulfide) groups is 1. The summed E-state index contributed by atoms with van der Waals surface area (Å²) in [6.07, 6.45) is 2.28.